The van der Waals surface area contributed by atoms with Gasteiger partial charge in [0.05, 0.1) is 5.92 Å². The van der Waals surface area contributed by atoms with E-state index in [-0.39, 0.29) is 11.7 Å². The van der Waals surface area contributed by atoms with Gasteiger partial charge in [0.25, 0.3) is 0 Å². The van der Waals surface area contributed by atoms with Gasteiger partial charge in [0.2, 0.25) is 0 Å². The largest absolute Gasteiger partial charge is 0.423 e. The molecular weight excluding hydrogens is 286 g/mol. The predicted octanol–water partition coefficient (Wildman–Crippen LogP) is 5.26. The molecule has 2 rings (SSSR count). The number of carbonyl (C=O) groups is 1. The maximum atomic E-state index is 13.5. The lowest BCUT2D eigenvalue weighted by molar-refractivity contribution is -0.140. The first kappa shape index (κ1) is 16.9. The Bertz CT molecular complexity index is 494. The van der Waals surface area contributed by atoms with Gasteiger partial charge in [-0.15, -0.1) is 0 Å². The summed E-state index contributed by atoms with van der Waals surface area (Å²) in [6.45, 7) is 2.20. The zero-order chi connectivity index (χ0) is 15.9. The summed E-state index contributed by atoms with van der Waals surface area (Å²) in [5, 5.41) is 0. The highest BCUT2D eigenvalue weighted by Crippen LogP contribution is 2.33. The number of hydrogen-bond donors (Lipinski definition) is 0. The summed E-state index contributed by atoms with van der Waals surface area (Å²) in [4.78, 5) is 12.1. The minimum atomic E-state index is -0.832. The van der Waals surface area contributed by atoms with Gasteiger partial charge in [0.15, 0.2) is 11.6 Å². The molecule has 0 bridgehead atoms. The third kappa shape index (κ3) is 4.79. The van der Waals surface area contributed by atoms with Gasteiger partial charge in [0, 0.05) is 6.07 Å². The van der Waals surface area contributed by atoms with Gasteiger partial charge in [-0.25, -0.2) is 8.78 Å². The summed E-state index contributed by atoms with van der Waals surface area (Å²) in [5.74, 6) is -1.54. The highest BCUT2D eigenvalue weighted by atomic mass is 19.1. The summed E-state index contributed by atoms with van der Waals surface area (Å²) in [5.41, 5.74) is 0. The molecule has 0 radical (unpaired) electrons. The summed E-state index contributed by atoms with van der Waals surface area (Å²) >= 11 is 0. The van der Waals surface area contributed by atoms with Gasteiger partial charge < -0.3 is 4.74 Å². The number of hydrogen-bond acceptors (Lipinski definition) is 2. The Hall–Kier alpha value is -1.45. The van der Waals surface area contributed by atoms with Gasteiger partial charge >= 0.3 is 5.97 Å². The number of ether oxygens (including phenoxy) is 1. The molecule has 1 aliphatic rings. The van der Waals surface area contributed by atoms with Crippen molar-refractivity contribution < 1.29 is 18.3 Å². The third-order valence-corrected chi connectivity index (χ3v) is 4.50. The average Bonchev–Trinajstić information content (AvgIpc) is 2.51. The molecule has 0 amide bonds. The molecular formula is C18H24F2O2. The van der Waals surface area contributed by atoms with Crippen LogP contribution in [0.2, 0.25) is 0 Å². The zero-order valence-electron chi connectivity index (χ0n) is 13.1. The average molecular weight is 310 g/mol. The maximum absolute atomic E-state index is 13.5. The molecule has 22 heavy (non-hydrogen) atoms. The lowest BCUT2D eigenvalue weighted by atomic mass is 9.80. The first-order valence-electron chi connectivity index (χ1n) is 8.27. The van der Waals surface area contributed by atoms with E-state index in [1.54, 1.807) is 0 Å². The molecule has 0 unspecified atom stereocenters. The fourth-order valence-electron chi connectivity index (χ4n) is 3.12. The van der Waals surface area contributed by atoms with Crippen LogP contribution in [0.15, 0.2) is 18.2 Å². The van der Waals surface area contributed by atoms with E-state index in [2.05, 4.69) is 6.92 Å². The van der Waals surface area contributed by atoms with Crippen molar-refractivity contribution >= 4 is 5.97 Å². The lowest BCUT2D eigenvalue weighted by Crippen LogP contribution is -2.26. The molecule has 122 valence electrons. The highest BCUT2D eigenvalue weighted by Gasteiger charge is 2.28. The van der Waals surface area contributed by atoms with Gasteiger partial charge in [-0.3, -0.25) is 4.79 Å². The van der Waals surface area contributed by atoms with Crippen LogP contribution in [0, 0.1) is 23.5 Å². The third-order valence-electron chi connectivity index (χ3n) is 4.50. The summed E-state index contributed by atoms with van der Waals surface area (Å²) in [6.07, 6.45) is 8.68. The standard InChI is InChI=1S/C18H24F2O2/c1-2-3-4-5-13-6-8-14(9-7-13)18(21)22-17-11-10-15(19)12-16(17)20/h10-14H,2-9H2,1H3. The van der Waals surface area contributed by atoms with Crippen molar-refractivity contribution in [3.8, 4) is 5.75 Å². The van der Waals surface area contributed by atoms with Crippen molar-refractivity contribution in [3.63, 3.8) is 0 Å². The van der Waals surface area contributed by atoms with E-state index >= 15 is 0 Å². The van der Waals surface area contributed by atoms with E-state index in [9.17, 15) is 13.6 Å². The first-order chi connectivity index (χ1) is 10.6. The van der Waals surface area contributed by atoms with Crippen LogP contribution in [0.5, 0.6) is 5.75 Å². The second-order valence-corrected chi connectivity index (χ2v) is 6.21. The Morgan fingerprint density at radius 2 is 1.91 bits per heavy atom. The monoisotopic (exact) mass is 310 g/mol. The van der Waals surface area contributed by atoms with Crippen molar-refractivity contribution in [2.75, 3.05) is 0 Å². The quantitative estimate of drug-likeness (QED) is 0.407. The minimum Gasteiger partial charge on any atom is -0.423 e. The van der Waals surface area contributed by atoms with Gasteiger partial charge in [-0.05, 0) is 43.7 Å². The van der Waals surface area contributed by atoms with Gasteiger partial charge in [0.1, 0.15) is 5.82 Å². The number of rotatable bonds is 6. The molecule has 0 saturated heterocycles. The topological polar surface area (TPSA) is 26.3 Å². The van der Waals surface area contributed by atoms with E-state index < -0.39 is 17.6 Å². The van der Waals surface area contributed by atoms with Crippen molar-refractivity contribution in [1.29, 1.82) is 0 Å². The van der Waals surface area contributed by atoms with E-state index in [4.69, 9.17) is 4.74 Å². The number of unbranched alkanes of at least 4 members (excludes halogenated alkanes) is 2. The first-order valence-corrected chi connectivity index (χ1v) is 8.27. The molecule has 1 aliphatic carbocycles. The van der Waals surface area contributed by atoms with Crippen molar-refractivity contribution in [2.45, 2.75) is 58.3 Å². The Kier molecular flexibility index (Phi) is 6.34. The summed E-state index contributed by atoms with van der Waals surface area (Å²) < 4.78 is 31.4. The Morgan fingerprint density at radius 1 is 1.18 bits per heavy atom. The number of halogens is 2. The molecule has 0 N–H and O–H groups in total. The van der Waals surface area contributed by atoms with E-state index in [1.807, 2.05) is 0 Å². The molecule has 0 atom stereocenters. The molecule has 0 aliphatic heterocycles. The number of benzene rings is 1. The fraction of sp³-hybridized carbons (Fsp3) is 0.611. The van der Waals surface area contributed by atoms with Crippen LogP contribution < -0.4 is 4.74 Å². The van der Waals surface area contributed by atoms with Crippen LogP contribution in [-0.2, 0) is 4.79 Å². The fourth-order valence-corrected chi connectivity index (χ4v) is 3.12. The van der Waals surface area contributed by atoms with Crippen LogP contribution in [0.4, 0.5) is 8.78 Å². The molecule has 1 aromatic carbocycles. The van der Waals surface area contributed by atoms with Crippen LogP contribution in [0.25, 0.3) is 0 Å². The number of esters is 1. The lowest BCUT2D eigenvalue weighted by Gasteiger charge is -2.27. The second-order valence-electron chi connectivity index (χ2n) is 6.21. The molecule has 0 heterocycles. The van der Waals surface area contributed by atoms with E-state index in [0.29, 0.717) is 5.92 Å². The highest BCUT2D eigenvalue weighted by molar-refractivity contribution is 5.75. The van der Waals surface area contributed by atoms with Crippen molar-refractivity contribution in [3.05, 3.63) is 29.8 Å². The Balaban J connectivity index is 1.80. The smallest absolute Gasteiger partial charge is 0.314 e. The zero-order valence-corrected chi connectivity index (χ0v) is 13.1. The van der Waals surface area contributed by atoms with Crippen LogP contribution in [-0.4, -0.2) is 5.97 Å². The summed E-state index contributed by atoms with van der Waals surface area (Å²) in [6, 6.07) is 2.99. The van der Waals surface area contributed by atoms with E-state index in [0.717, 1.165) is 37.8 Å². The van der Waals surface area contributed by atoms with Crippen LogP contribution in [0.1, 0.15) is 58.3 Å². The maximum Gasteiger partial charge on any atom is 0.314 e. The van der Waals surface area contributed by atoms with Crippen LogP contribution >= 0.6 is 0 Å². The summed E-state index contributed by atoms with van der Waals surface area (Å²) in [7, 11) is 0. The molecule has 0 spiro atoms. The molecule has 1 aromatic rings. The van der Waals surface area contributed by atoms with E-state index in [1.165, 1.54) is 31.7 Å². The molecule has 1 fully saturated rings. The van der Waals surface area contributed by atoms with Gasteiger partial charge in [-0.2, -0.15) is 0 Å². The van der Waals surface area contributed by atoms with Crippen molar-refractivity contribution in [1.82, 2.24) is 0 Å². The predicted molar refractivity (Wildman–Crippen MR) is 81.6 cm³/mol. The van der Waals surface area contributed by atoms with Crippen molar-refractivity contribution in [2.24, 2.45) is 11.8 Å². The van der Waals surface area contributed by atoms with Crippen LogP contribution in [0.3, 0.4) is 0 Å². The van der Waals surface area contributed by atoms with Gasteiger partial charge in [-0.1, -0.05) is 32.6 Å². The second kappa shape index (κ2) is 8.25. The normalized spacial score (nSPS) is 21.6. The Morgan fingerprint density at radius 3 is 2.55 bits per heavy atom. The minimum absolute atomic E-state index is 0.160. The Labute approximate surface area is 130 Å². The molecule has 0 aromatic heterocycles. The molecule has 4 heteroatoms. The molecule has 1 saturated carbocycles. The SMILES string of the molecule is CCCCCC1CCC(C(=O)Oc2ccc(F)cc2F)CC1. The molecule has 2 nitrogen and oxygen atoms in total. The number of carbonyl (C=O) groups excluding carboxylic acids is 1.